The standard InChI is InChI=1S/C12H18N2/c1-10-9-11-5-2-3-6-12(11)14(10)8-4-7-13/h2-3,5-6,10H,4,7-9,13H2,1H3/t10-/m1/s1. The van der Waals surface area contributed by atoms with Crippen molar-refractivity contribution in [1.82, 2.24) is 0 Å². The molecule has 2 heteroatoms. The SMILES string of the molecule is C[C@@H]1Cc2ccccc2N1CCCN. The van der Waals surface area contributed by atoms with Crippen molar-refractivity contribution in [2.75, 3.05) is 18.0 Å². The Labute approximate surface area is 85.7 Å². The van der Waals surface area contributed by atoms with Gasteiger partial charge in [-0.25, -0.2) is 0 Å². The molecule has 1 aromatic carbocycles. The van der Waals surface area contributed by atoms with Crippen LogP contribution in [-0.2, 0) is 6.42 Å². The van der Waals surface area contributed by atoms with Crippen LogP contribution in [-0.4, -0.2) is 19.1 Å². The van der Waals surface area contributed by atoms with E-state index in [1.165, 1.54) is 17.7 Å². The monoisotopic (exact) mass is 190 g/mol. The minimum absolute atomic E-state index is 0.638. The molecule has 2 N–H and O–H groups in total. The molecule has 0 aromatic heterocycles. The second-order valence-corrected chi connectivity index (χ2v) is 4.02. The molecule has 0 aliphatic carbocycles. The molecule has 1 aliphatic heterocycles. The molecule has 0 unspecified atom stereocenters. The lowest BCUT2D eigenvalue weighted by Gasteiger charge is -2.24. The van der Waals surface area contributed by atoms with Gasteiger partial charge in [-0.15, -0.1) is 0 Å². The first kappa shape index (κ1) is 9.53. The summed E-state index contributed by atoms with van der Waals surface area (Å²) in [6, 6.07) is 9.33. The average Bonchev–Trinajstić information content (AvgIpc) is 2.51. The van der Waals surface area contributed by atoms with E-state index in [-0.39, 0.29) is 0 Å². The lowest BCUT2D eigenvalue weighted by atomic mass is 10.1. The van der Waals surface area contributed by atoms with Gasteiger partial charge in [-0.1, -0.05) is 18.2 Å². The predicted octanol–water partition coefficient (Wildman–Crippen LogP) is 1.79. The van der Waals surface area contributed by atoms with Crippen LogP contribution in [0.3, 0.4) is 0 Å². The molecule has 0 amide bonds. The number of hydrogen-bond acceptors (Lipinski definition) is 2. The van der Waals surface area contributed by atoms with E-state index < -0.39 is 0 Å². The first-order valence-corrected chi connectivity index (χ1v) is 5.37. The largest absolute Gasteiger partial charge is 0.368 e. The highest BCUT2D eigenvalue weighted by Crippen LogP contribution is 2.31. The highest BCUT2D eigenvalue weighted by atomic mass is 15.2. The van der Waals surface area contributed by atoms with Gasteiger partial charge in [0.25, 0.3) is 0 Å². The Bertz CT molecular complexity index is 309. The van der Waals surface area contributed by atoms with Gasteiger partial charge in [-0.3, -0.25) is 0 Å². The number of nitrogens with two attached hydrogens (primary N) is 1. The molecule has 0 saturated heterocycles. The minimum Gasteiger partial charge on any atom is -0.368 e. The van der Waals surface area contributed by atoms with Crippen molar-refractivity contribution >= 4 is 5.69 Å². The summed E-state index contributed by atoms with van der Waals surface area (Å²) in [6.45, 7) is 4.16. The highest BCUT2D eigenvalue weighted by molar-refractivity contribution is 5.59. The second-order valence-electron chi connectivity index (χ2n) is 4.02. The molecular weight excluding hydrogens is 172 g/mol. The van der Waals surface area contributed by atoms with Gasteiger partial charge in [0, 0.05) is 18.3 Å². The average molecular weight is 190 g/mol. The molecule has 1 atom stereocenters. The van der Waals surface area contributed by atoms with Crippen LogP contribution in [0.5, 0.6) is 0 Å². The number of benzene rings is 1. The summed E-state index contributed by atoms with van der Waals surface area (Å²) < 4.78 is 0. The zero-order valence-corrected chi connectivity index (χ0v) is 8.74. The Kier molecular flexibility index (Phi) is 2.73. The third kappa shape index (κ3) is 1.62. The quantitative estimate of drug-likeness (QED) is 0.787. The first-order valence-electron chi connectivity index (χ1n) is 5.37. The lowest BCUT2D eigenvalue weighted by Crippen LogP contribution is -2.31. The Morgan fingerprint density at radius 1 is 1.43 bits per heavy atom. The van der Waals surface area contributed by atoms with Gasteiger partial charge in [0.1, 0.15) is 0 Å². The van der Waals surface area contributed by atoms with E-state index in [2.05, 4.69) is 36.1 Å². The maximum atomic E-state index is 5.55. The van der Waals surface area contributed by atoms with Crippen LogP contribution in [0.15, 0.2) is 24.3 Å². The summed E-state index contributed by atoms with van der Waals surface area (Å²) in [4.78, 5) is 2.47. The van der Waals surface area contributed by atoms with E-state index in [4.69, 9.17) is 5.73 Å². The van der Waals surface area contributed by atoms with Crippen molar-refractivity contribution in [3.8, 4) is 0 Å². The Morgan fingerprint density at radius 2 is 2.21 bits per heavy atom. The fourth-order valence-electron chi connectivity index (χ4n) is 2.23. The van der Waals surface area contributed by atoms with Gasteiger partial charge < -0.3 is 10.6 Å². The van der Waals surface area contributed by atoms with E-state index in [0.717, 1.165) is 19.5 Å². The van der Waals surface area contributed by atoms with Crippen molar-refractivity contribution in [3.05, 3.63) is 29.8 Å². The Morgan fingerprint density at radius 3 is 3.00 bits per heavy atom. The normalized spacial score (nSPS) is 19.9. The van der Waals surface area contributed by atoms with Crippen LogP contribution in [0, 0.1) is 0 Å². The highest BCUT2D eigenvalue weighted by Gasteiger charge is 2.24. The van der Waals surface area contributed by atoms with E-state index in [9.17, 15) is 0 Å². The molecule has 0 saturated carbocycles. The lowest BCUT2D eigenvalue weighted by molar-refractivity contribution is 0.651. The topological polar surface area (TPSA) is 29.3 Å². The third-order valence-electron chi connectivity index (χ3n) is 2.95. The molecule has 1 heterocycles. The first-order chi connectivity index (χ1) is 6.83. The summed E-state index contributed by atoms with van der Waals surface area (Å²) in [7, 11) is 0. The molecule has 2 nitrogen and oxygen atoms in total. The zero-order valence-electron chi connectivity index (χ0n) is 8.74. The van der Waals surface area contributed by atoms with Crippen molar-refractivity contribution in [2.24, 2.45) is 5.73 Å². The van der Waals surface area contributed by atoms with Crippen molar-refractivity contribution in [2.45, 2.75) is 25.8 Å². The van der Waals surface area contributed by atoms with Crippen LogP contribution in [0.25, 0.3) is 0 Å². The summed E-state index contributed by atoms with van der Waals surface area (Å²) in [5, 5.41) is 0. The molecule has 0 radical (unpaired) electrons. The number of anilines is 1. The molecule has 76 valence electrons. The van der Waals surface area contributed by atoms with Gasteiger partial charge in [-0.2, -0.15) is 0 Å². The number of hydrogen-bond donors (Lipinski definition) is 1. The number of rotatable bonds is 3. The Balaban J connectivity index is 2.17. The summed E-state index contributed by atoms with van der Waals surface area (Å²) in [5.41, 5.74) is 8.44. The van der Waals surface area contributed by atoms with Gasteiger partial charge in [-0.05, 0) is 37.9 Å². The molecule has 1 aromatic rings. The van der Waals surface area contributed by atoms with Crippen LogP contribution < -0.4 is 10.6 Å². The molecule has 2 rings (SSSR count). The zero-order chi connectivity index (χ0) is 9.97. The van der Waals surface area contributed by atoms with Crippen LogP contribution in [0.4, 0.5) is 5.69 Å². The van der Waals surface area contributed by atoms with E-state index in [1.54, 1.807) is 0 Å². The van der Waals surface area contributed by atoms with Crippen LogP contribution in [0.2, 0.25) is 0 Å². The number of para-hydroxylation sites is 1. The van der Waals surface area contributed by atoms with Crippen LogP contribution in [0.1, 0.15) is 18.9 Å². The summed E-state index contributed by atoms with van der Waals surface area (Å²) in [5.74, 6) is 0. The second kappa shape index (κ2) is 4.01. The molecular formula is C12H18N2. The summed E-state index contributed by atoms with van der Waals surface area (Å²) in [6.07, 6.45) is 2.26. The molecule has 0 bridgehead atoms. The van der Waals surface area contributed by atoms with Crippen LogP contribution >= 0.6 is 0 Å². The van der Waals surface area contributed by atoms with Crippen molar-refractivity contribution in [1.29, 1.82) is 0 Å². The molecule has 0 spiro atoms. The number of fused-ring (bicyclic) bond motifs is 1. The van der Waals surface area contributed by atoms with Gasteiger partial charge in [0.2, 0.25) is 0 Å². The molecule has 0 fully saturated rings. The van der Waals surface area contributed by atoms with Gasteiger partial charge in [0.05, 0.1) is 0 Å². The maximum absolute atomic E-state index is 5.55. The fraction of sp³-hybridized carbons (Fsp3) is 0.500. The molecule has 1 aliphatic rings. The summed E-state index contributed by atoms with van der Waals surface area (Å²) >= 11 is 0. The molecule has 14 heavy (non-hydrogen) atoms. The van der Waals surface area contributed by atoms with Gasteiger partial charge in [0.15, 0.2) is 0 Å². The number of nitrogens with zero attached hydrogens (tertiary/aromatic N) is 1. The van der Waals surface area contributed by atoms with E-state index in [0.29, 0.717) is 6.04 Å². The maximum Gasteiger partial charge on any atom is 0.0402 e. The van der Waals surface area contributed by atoms with Crippen molar-refractivity contribution in [3.63, 3.8) is 0 Å². The minimum atomic E-state index is 0.638. The van der Waals surface area contributed by atoms with Gasteiger partial charge >= 0.3 is 0 Å². The smallest absolute Gasteiger partial charge is 0.0402 e. The van der Waals surface area contributed by atoms with E-state index >= 15 is 0 Å². The predicted molar refractivity (Wildman–Crippen MR) is 60.6 cm³/mol. The van der Waals surface area contributed by atoms with Crippen molar-refractivity contribution < 1.29 is 0 Å². The third-order valence-corrected chi connectivity index (χ3v) is 2.95. The Hall–Kier alpha value is -1.02. The van der Waals surface area contributed by atoms with E-state index in [1.807, 2.05) is 0 Å². The fourth-order valence-corrected chi connectivity index (χ4v) is 2.23.